The van der Waals surface area contributed by atoms with Gasteiger partial charge in [-0.2, -0.15) is 0 Å². The van der Waals surface area contributed by atoms with Crippen LogP contribution in [0.1, 0.15) is 22.9 Å². The molecule has 224 valence electrons. The average Bonchev–Trinajstić information content (AvgIpc) is 3.61. The number of hydrogen-bond donors (Lipinski definition) is 1. The van der Waals surface area contributed by atoms with Crippen LogP contribution in [0.5, 0.6) is 0 Å². The number of rotatable bonds is 14. The smallest absolute Gasteiger partial charge is 0.338 e. The van der Waals surface area contributed by atoms with Gasteiger partial charge in [0, 0.05) is 41.9 Å². The van der Waals surface area contributed by atoms with Gasteiger partial charge in [-0.25, -0.2) is 4.98 Å². The predicted octanol–water partition coefficient (Wildman–Crippen LogP) is 4.63. The van der Waals surface area contributed by atoms with E-state index in [0.29, 0.717) is 28.7 Å². The van der Waals surface area contributed by atoms with Gasteiger partial charge in [0.15, 0.2) is 10.2 Å². The second-order valence-corrected chi connectivity index (χ2v) is 10.6. The zero-order valence-electron chi connectivity index (χ0n) is 22.4. The number of nitrogens with one attached hydrogen (secondary N) is 1. The van der Waals surface area contributed by atoms with Gasteiger partial charge >= 0.3 is 5.70 Å². The van der Waals surface area contributed by atoms with Crippen molar-refractivity contribution in [2.24, 2.45) is 10.1 Å². The number of oxime groups is 1. The highest BCUT2D eigenvalue weighted by Gasteiger charge is 2.34. The van der Waals surface area contributed by atoms with Gasteiger partial charge in [-0.15, -0.1) is 11.3 Å². The van der Waals surface area contributed by atoms with Crippen LogP contribution in [0.15, 0.2) is 76.3 Å². The number of hydroxylamine groups is 1. The summed E-state index contributed by atoms with van der Waals surface area (Å²) in [5.74, 6) is 0.0841. The van der Waals surface area contributed by atoms with E-state index in [9.17, 15) is 30.3 Å². The molecule has 1 aliphatic heterocycles. The SMILES string of the molecule is CC(=N\OCc1ccc([N+](=O)[O-])cc1)/C(NOCc1ccc([N+](=O)[O-])cc1)=C(/C1=NCCN1Cc1cnc(Cl)s1)[N+](=O)[O-]. The summed E-state index contributed by atoms with van der Waals surface area (Å²) in [5, 5.41) is 38.3. The first kappa shape index (κ1) is 30.9. The normalized spacial score (nSPS) is 13.8. The molecule has 1 aromatic heterocycles. The summed E-state index contributed by atoms with van der Waals surface area (Å²) >= 11 is 7.20. The van der Waals surface area contributed by atoms with Crippen LogP contribution in [0.2, 0.25) is 4.47 Å². The summed E-state index contributed by atoms with van der Waals surface area (Å²) in [5.41, 5.74) is 3.06. The minimum Gasteiger partial charge on any atom is -0.391 e. The number of benzene rings is 2. The predicted molar refractivity (Wildman–Crippen MR) is 156 cm³/mol. The fourth-order valence-electron chi connectivity index (χ4n) is 3.85. The van der Waals surface area contributed by atoms with E-state index in [4.69, 9.17) is 21.3 Å². The Hall–Kier alpha value is -5.00. The van der Waals surface area contributed by atoms with Crippen molar-refractivity contribution in [2.75, 3.05) is 13.1 Å². The third-order valence-corrected chi connectivity index (χ3v) is 7.04. The van der Waals surface area contributed by atoms with Gasteiger partial charge < -0.3 is 9.74 Å². The first-order valence-corrected chi connectivity index (χ1v) is 13.6. The lowest BCUT2D eigenvalue weighted by Gasteiger charge is -2.19. The Bertz CT molecular complexity index is 1590. The molecule has 18 heteroatoms. The zero-order valence-corrected chi connectivity index (χ0v) is 24.0. The van der Waals surface area contributed by atoms with Crippen LogP contribution < -0.4 is 5.48 Å². The Morgan fingerprint density at radius 1 is 1.02 bits per heavy atom. The number of aromatic nitrogens is 1. The summed E-state index contributed by atoms with van der Waals surface area (Å²) in [6.07, 6.45) is 1.59. The molecule has 1 aliphatic rings. The summed E-state index contributed by atoms with van der Waals surface area (Å²) in [6.45, 7) is 2.30. The van der Waals surface area contributed by atoms with E-state index < -0.39 is 20.5 Å². The van der Waals surface area contributed by atoms with Crippen molar-refractivity contribution in [3.8, 4) is 0 Å². The molecule has 0 fully saturated rings. The van der Waals surface area contributed by atoms with E-state index in [1.165, 1.54) is 66.8 Å². The number of nitro groups is 3. The molecular weight excluding hydrogens is 608 g/mol. The number of amidine groups is 1. The third-order valence-electron chi connectivity index (χ3n) is 5.94. The van der Waals surface area contributed by atoms with Gasteiger partial charge in [0.1, 0.15) is 12.3 Å². The molecule has 0 bridgehead atoms. The number of halogens is 1. The first-order valence-electron chi connectivity index (χ1n) is 12.4. The number of thiazole rings is 1. The first-order chi connectivity index (χ1) is 20.6. The van der Waals surface area contributed by atoms with Crippen LogP contribution in [0.25, 0.3) is 0 Å². The van der Waals surface area contributed by atoms with Crippen molar-refractivity contribution in [2.45, 2.75) is 26.7 Å². The van der Waals surface area contributed by atoms with E-state index in [1.54, 1.807) is 11.1 Å². The third kappa shape index (κ3) is 8.28. The Balaban J connectivity index is 1.59. The van der Waals surface area contributed by atoms with Crippen LogP contribution in [-0.2, 0) is 29.4 Å². The van der Waals surface area contributed by atoms with Crippen LogP contribution >= 0.6 is 22.9 Å². The second kappa shape index (κ2) is 14.3. The molecule has 3 aromatic rings. The molecule has 2 heterocycles. The number of nitro benzene ring substituents is 2. The van der Waals surface area contributed by atoms with Crippen LogP contribution in [0.4, 0.5) is 11.4 Å². The average molecular weight is 631 g/mol. The van der Waals surface area contributed by atoms with Crippen molar-refractivity contribution in [1.82, 2.24) is 15.4 Å². The van der Waals surface area contributed by atoms with Crippen molar-refractivity contribution >= 4 is 45.9 Å². The Kier molecular flexibility index (Phi) is 10.3. The van der Waals surface area contributed by atoms with E-state index in [0.717, 1.165) is 4.88 Å². The van der Waals surface area contributed by atoms with E-state index in [1.807, 2.05) is 0 Å². The highest BCUT2D eigenvalue weighted by molar-refractivity contribution is 7.15. The number of allylic oxidation sites excluding steroid dienone is 1. The molecular formula is C25H23ClN8O8S. The molecule has 0 spiro atoms. The quantitative estimate of drug-likeness (QED) is 0.148. The van der Waals surface area contributed by atoms with Crippen molar-refractivity contribution in [3.05, 3.63) is 117 Å². The maximum atomic E-state index is 12.5. The second-order valence-electron chi connectivity index (χ2n) is 8.88. The fraction of sp³-hybridized carbons (Fsp3) is 0.240. The Morgan fingerprint density at radius 2 is 1.63 bits per heavy atom. The molecule has 0 amide bonds. The van der Waals surface area contributed by atoms with Gasteiger partial charge in [0.2, 0.25) is 5.84 Å². The van der Waals surface area contributed by atoms with Crippen LogP contribution in [0.3, 0.4) is 0 Å². The Labute approximate surface area is 252 Å². The molecule has 4 rings (SSSR count). The number of aliphatic imine (C=N–C) groups is 1. The summed E-state index contributed by atoms with van der Waals surface area (Å²) in [4.78, 5) is 54.5. The lowest BCUT2D eigenvalue weighted by molar-refractivity contribution is -0.417. The molecule has 0 unspecified atom stereocenters. The van der Waals surface area contributed by atoms with E-state index in [-0.39, 0.29) is 48.4 Å². The standard InChI is InChI=1S/C25H23ClN8O8S/c1-16(29-41-14-17-2-6-19(7-3-17)32(35)36)22(30-42-15-18-4-8-20(9-5-18)33(37)38)23(34(39)40)24-27-10-11-31(24)13-21-12-28-25(26)43-21/h2-9,12,30H,10-11,13-15H2,1H3/b23-22+,29-16+. The van der Waals surface area contributed by atoms with Gasteiger partial charge in [-0.1, -0.05) is 16.8 Å². The van der Waals surface area contributed by atoms with E-state index in [2.05, 4.69) is 20.6 Å². The van der Waals surface area contributed by atoms with Crippen molar-refractivity contribution < 1.29 is 24.4 Å². The van der Waals surface area contributed by atoms with Gasteiger partial charge in [0.05, 0.1) is 34.5 Å². The van der Waals surface area contributed by atoms with Crippen molar-refractivity contribution in [1.29, 1.82) is 0 Å². The fourth-order valence-corrected chi connectivity index (χ4v) is 4.85. The molecule has 0 radical (unpaired) electrons. The summed E-state index contributed by atoms with van der Waals surface area (Å²) in [6, 6.07) is 11.3. The maximum Gasteiger partial charge on any atom is 0.338 e. The van der Waals surface area contributed by atoms with E-state index >= 15 is 0 Å². The minimum atomic E-state index is -0.607. The highest BCUT2D eigenvalue weighted by atomic mass is 35.5. The minimum absolute atomic E-state index is 0.0488. The molecule has 0 saturated carbocycles. The molecule has 1 N–H and O–H groups in total. The summed E-state index contributed by atoms with van der Waals surface area (Å²) < 4.78 is 0.341. The van der Waals surface area contributed by atoms with Gasteiger partial charge in [-0.3, -0.25) is 45.7 Å². The molecule has 2 aromatic carbocycles. The number of hydrogen-bond acceptors (Lipinski definition) is 14. The largest absolute Gasteiger partial charge is 0.391 e. The topological polar surface area (TPSA) is 201 Å². The number of nitrogens with zero attached hydrogens (tertiary/aromatic N) is 7. The maximum absolute atomic E-state index is 12.5. The van der Waals surface area contributed by atoms with Crippen molar-refractivity contribution in [3.63, 3.8) is 0 Å². The Morgan fingerprint density at radius 3 is 2.16 bits per heavy atom. The van der Waals surface area contributed by atoms with Crippen LogP contribution in [0, 0.1) is 30.3 Å². The van der Waals surface area contributed by atoms with Crippen LogP contribution in [-0.4, -0.2) is 49.3 Å². The highest BCUT2D eigenvalue weighted by Crippen LogP contribution is 2.23. The molecule has 43 heavy (non-hydrogen) atoms. The zero-order chi connectivity index (χ0) is 30.9. The number of non-ortho nitro benzene ring substituents is 2. The lowest BCUT2D eigenvalue weighted by Crippen LogP contribution is -2.35. The van der Waals surface area contributed by atoms with Gasteiger partial charge in [-0.05, 0) is 42.3 Å². The monoisotopic (exact) mass is 630 g/mol. The molecule has 0 atom stereocenters. The molecule has 0 saturated heterocycles. The van der Waals surface area contributed by atoms with Gasteiger partial charge in [0.25, 0.3) is 11.4 Å². The lowest BCUT2D eigenvalue weighted by atomic mass is 10.2. The molecule has 0 aliphatic carbocycles. The summed E-state index contributed by atoms with van der Waals surface area (Å²) in [7, 11) is 0. The molecule has 16 nitrogen and oxygen atoms in total.